The van der Waals surface area contributed by atoms with E-state index in [9.17, 15) is 4.79 Å². The van der Waals surface area contributed by atoms with Gasteiger partial charge >= 0.3 is 0 Å². The summed E-state index contributed by atoms with van der Waals surface area (Å²) in [7, 11) is 0. The highest BCUT2D eigenvalue weighted by molar-refractivity contribution is 7.99. The molecule has 21 heavy (non-hydrogen) atoms. The van der Waals surface area contributed by atoms with Crippen molar-refractivity contribution in [3.63, 3.8) is 0 Å². The first-order chi connectivity index (χ1) is 10.1. The lowest BCUT2D eigenvalue weighted by molar-refractivity contribution is -0.121. The van der Waals surface area contributed by atoms with Gasteiger partial charge in [-0.25, -0.2) is 0 Å². The van der Waals surface area contributed by atoms with E-state index in [2.05, 4.69) is 5.32 Å². The summed E-state index contributed by atoms with van der Waals surface area (Å²) in [6.07, 6.45) is 1.18. The Bertz CT molecular complexity index is 417. The van der Waals surface area contributed by atoms with E-state index in [1.54, 1.807) is 11.8 Å². The quantitative estimate of drug-likeness (QED) is 0.651. The number of carbonyl (C=O) groups is 1. The van der Waals surface area contributed by atoms with Gasteiger partial charge in [0.25, 0.3) is 0 Å². The Morgan fingerprint density at radius 3 is 2.67 bits per heavy atom. The molecule has 1 amide bonds. The van der Waals surface area contributed by atoms with Crippen molar-refractivity contribution in [2.75, 3.05) is 31.3 Å². The van der Waals surface area contributed by atoms with E-state index in [0.717, 1.165) is 34.8 Å². The smallest absolute Gasteiger partial charge is 0.223 e. The van der Waals surface area contributed by atoms with Crippen LogP contribution in [0.4, 0.5) is 0 Å². The molecule has 0 saturated heterocycles. The number of carbonyl (C=O) groups excluding carboxylic acids is 1. The molecular formula is C16H25NO3S. The third-order valence-corrected chi connectivity index (χ3v) is 4.07. The molecule has 118 valence electrons. The number of benzene rings is 1. The maximum Gasteiger partial charge on any atom is 0.223 e. The highest BCUT2D eigenvalue weighted by Crippen LogP contribution is 2.22. The SMILES string of the molecule is Cc1cccc(C)c1OCCC(=O)NCCSCCCO. The van der Waals surface area contributed by atoms with Crippen LogP contribution in [0.15, 0.2) is 18.2 Å². The summed E-state index contributed by atoms with van der Waals surface area (Å²) in [6, 6.07) is 6.01. The number of aryl methyl sites for hydroxylation is 2. The van der Waals surface area contributed by atoms with E-state index >= 15 is 0 Å². The number of nitrogens with one attached hydrogen (secondary N) is 1. The molecule has 1 rings (SSSR count). The lowest BCUT2D eigenvalue weighted by atomic mass is 10.1. The first-order valence-corrected chi connectivity index (χ1v) is 8.45. The third kappa shape index (κ3) is 7.39. The zero-order chi connectivity index (χ0) is 15.5. The largest absolute Gasteiger partial charge is 0.493 e. The summed E-state index contributed by atoms with van der Waals surface area (Å²) in [6.45, 7) is 5.31. The Hall–Kier alpha value is -1.20. The maximum atomic E-state index is 11.7. The van der Waals surface area contributed by atoms with Crippen LogP contribution in [0.2, 0.25) is 0 Å². The van der Waals surface area contributed by atoms with Crippen LogP contribution < -0.4 is 10.1 Å². The molecule has 4 nitrogen and oxygen atoms in total. The van der Waals surface area contributed by atoms with E-state index in [1.807, 2.05) is 32.0 Å². The van der Waals surface area contributed by atoms with Crippen molar-refractivity contribution in [1.82, 2.24) is 5.32 Å². The minimum Gasteiger partial charge on any atom is -0.493 e. The highest BCUT2D eigenvalue weighted by Gasteiger charge is 2.05. The van der Waals surface area contributed by atoms with Gasteiger partial charge in [0.15, 0.2) is 0 Å². The first-order valence-electron chi connectivity index (χ1n) is 7.29. The van der Waals surface area contributed by atoms with Gasteiger partial charge in [0.05, 0.1) is 13.0 Å². The number of ether oxygens (including phenoxy) is 1. The number of para-hydroxylation sites is 1. The van der Waals surface area contributed by atoms with Crippen molar-refractivity contribution in [3.8, 4) is 5.75 Å². The van der Waals surface area contributed by atoms with Gasteiger partial charge in [0.2, 0.25) is 5.91 Å². The number of rotatable bonds is 10. The Morgan fingerprint density at radius 1 is 1.29 bits per heavy atom. The van der Waals surface area contributed by atoms with Gasteiger partial charge < -0.3 is 15.2 Å². The number of aliphatic hydroxyl groups excluding tert-OH is 1. The fraction of sp³-hybridized carbons (Fsp3) is 0.562. The molecule has 5 heteroatoms. The van der Waals surface area contributed by atoms with Crippen LogP contribution >= 0.6 is 11.8 Å². The van der Waals surface area contributed by atoms with Gasteiger partial charge in [0.1, 0.15) is 5.75 Å². The molecule has 0 unspecified atom stereocenters. The fourth-order valence-corrected chi connectivity index (χ4v) is 2.68. The standard InChI is InChI=1S/C16H25NO3S/c1-13-5-3-6-14(2)16(13)20-10-7-15(19)17-8-12-21-11-4-9-18/h3,5-6,18H,4,7-12H2,1-2H3,(H,17,19). The monoisotopic (exact) mass is 311 g/mol. The van der Waals surface area contributed by atoms with E-state index in [0.29, 0.717) is 19.6 Å². The predicted molar refractivity (Wildman–Crippen MR) is 88.1 cm³/mol. The average molecular weight is 311 g/mol. The number of aliphatic hydroxyl groups is 1. The Labute approximate surface area is 131 Å². The van der Waals surface area contributed by atoms with Crippen molar-refractivity contribution in [2.24, 2.45) is 0 Å². The number of amides is 1. The summed E-state index contributed by atoms with van der Waals surface area (Å²) in [5, 5.41) is 11.5. The van der Waals surface area contributed by atoms with Crippen molar-refractivity contribution < 1.29 is 14.6 Å². The molecule has 0 spiro atoms. The van der Waals surface area contributed by atoms with E-state index in [1.165, 1.54) is 0 Å². The molecule has 2 N–H and O–H groups in total. The Balaban J connectivity index is 2.13. The van der Waals surface area contributed by atoms with Gasteiger partial charge in [0, 0.05) is 18.9 Å². The van der Waals surface area contributed by atoms with Crippen LogP contribution in [0.25, 0.3) is 0 Å². The second-order valence-corrected chi connectivity index (χ2v) is 6.08. The Morgan fingerprint density at radius 2 is 2.00 bits per heavy atom. The molecule has 0 atom stereocenters. The summed E-state index contributed by atoms with van der Waals surface area (Å²) >= 11 is 1.74. The minimum absolute atomic E-state index is 0.0176. The van der Waals surface area contributed by atoms with Crippen LogP contribution in [-0.2, 0) is 4.79 Å². The molecule has 0 saturated carbocycles. The summed E-state index contributed by atoms with van der Waals surface area (Å²) in [5.74, 6) is 2.71. The fourth-order valence-electron chi connectivity index (χ4n) is 1.89. The molecule has 0 heterocycles. The van der Waals surface area contributed by atoms with Gasteiger partial charge in [-0.2, -0.15) is 11.8 Å². The van der Waals surface area contributed by atoms with Gasteiger partial charge in [-0.05, 0) is 37.1 Å². The summed E-state index contributed by atoms with van der Waals surface area (Å²) in [4.78, 5) is 11.7. The van der Waals surface area contributed by atoms with Gasteiger partial charge in [-0.1, -0.05) is 18.2 Å². The zero-order valence-electron chi connectivity index (χ0n) is 12.9. The second-order valence-electron chi connectivity index (χ2n) is 4.86. The topological polar surface area (TPSA) is 58.6 Å². The molecule has 1 aromatic rings. The number of hydrogen-bond acceptors (Lipinski definition) is 4. The molecule has 0 aromatic heterocycles. The van der Waals surface area contributed by atoms with E-state index in [4.69, 9.17) is 9.84 Å². The van der Waals surface area contributed by atoms with Crippen LogP contribution in [0, 0.1) is 13.8 Å². The Kier molecular flexibility index (Phi) is 8.94. The van der Waals surface area contributed by atoms with Crippen molar-refractivity contribution in [2.45, 2.75) is 26.7 Å². The van der Waals surface area contributed by atoms with E-state index in [-0.39, 0.29) is 12.5 Å². The highest BCUT2D eigenvalue weighted by atomic mass is 32.2. The van der Waals surface area contributed by atoms with Crippen LogP contribution in [0.1, 0.15) is 24.0 Å². The molecule has 0 aliphatic rings. The summed E-state index contributed by atoms with van der Waals surface area (Å²) in [5.41, 5.74) is 2.19. The number of hydrogen-bond donors (Lipinski definition) is 2. The second kappa shape index (κ2) is 10.5. The molecule has 0 aliphatic heterocycles. The molecule has 0 fully saturated rings. The maximum absolute atomic E-state index is 11.7. The molecule has 1 aromatic carbocycles. The van der Waals surface area contributed by atoms with Crippen molar-refractivity contribution in [3.05, 3.63) is 29.3 Å². The molecule has 0 aliphatic carbocycles. The van der Waals surface area contributed by atoms with Crippen LogP contribution in [-0.4, -0.2) is 42.3 Å². The first kappa shape index (κ1) is 17.9. The van der Waals surface area contributed by atoms with Crippen LogP contribution in [0.5, 0.6) is 5.75 Å². The van der Waals surface area contributed by atoms with Crippen LogP contribution in [0.3, 0.4) is 0 Å². The van der Waals surface area contributed by atoms with Gasteiger partial charge in [-0.15, -0.1) is 0 Å². The average Bonchev–Trinajstić information content (AvgIpc) is 2.46. The minimum atomic E-state index is 0.0176. The van der Waals surface area contributed by atoms with Crippen molar-refractivity contribution >= 4 is 17.7 Å². The summed E-state index contributed by atoms with van der Waals surface area (Å²) < 4.78 is 5.70. The predicted octanol–water partition coefficient (Wildman–Crippen LogP) is 2.30. The lowest BCUT2D eigenvalue weighted by Crippen LogP contribution is -2.27. The van der Waals surface area contributed by atoms with Crippen molar-refractivity contribution in [1.29, 1.82) is 0 Å². The molecular weight excluding hydrogens is 286 g/mol. The number of thioether (sulfide) groups is 1. The zero-order valence-corrected chi connectivity index (χ0v) is 13.7. The normalized spacial score (nSPS) is 10.4. The van der Waals surface area contributed by atoms with E-state index < -0.39 is 0 Å². The molecule has 0 radical (unpaired) electrons. The van der Waals surface area contributed by atoms with Gasteiger partial charge in [-0.3, -0.25) is 4.79 Å². The molecule has 0 bridgehead atoms. The lowest BCUT2D eigenvalue weighted by Gasteiger charge is -2.11. The third-order valence-electron chi connectivity index (χ3n) is 3.00.